The SMILES string of the molecule is COC(=O)C1CNC1.O=C(O)C1CN(Cc2cccc(-c3ccc(OC4CCC5(CCCC5)CC4)cc3)c2F)C1.O=Cc1cccc(-c2ccc(OC3CCC4(CCCC4)CC3)cc2)c1F. The molecule has 0 aromatic heterocycles. The van der Waals surface area contributed by atoms with Gasteiger partial charge in [0.2, 0.25) is 0 Å². The molecule has 9 nitrogen and oxygen atoms in total. The number of halogens is 2. The van der Waals surface area contributed by atoms with Gasteiger partial charge in [0.25, 0.3) is 0 Å². The van der Waals surface area contributed by atoms with Crippen molar-refractivity contribution in [2.75, 3.05) is 33.3 Å². The number of carbonyl (C=O) groups excluding carboxylic acids is 2. The standard InChI is InChI=1S/C27H32FNO3.C23H25FO2.C5H9NO2/c28-25-20(16-29-17-21(18-29)26(30)31)4-3-5-24(25)19-6-8-22(9-7-19)32-23-10-14-27(15-11-23)12-1-2-13-27;24-22-18(16-25)4-3-5-21(22)17-6-8-19(9-7-17)26-20-10-14-23(15-11-20)12-1-2-13-23;1-8-5(7)4-2-6-3-4/h3-9,21,23H,1-2,10-18H2,(H,30,31);3-9,16,20H,1-2,10-15H2;4,6H,2-3H2,1H3. The zero-order chi connectivity index (χ0) is 46.1. The molecular formula is C55H66F2N2O7. The highest BCUT2D eigenvalue weighted by molar-refractivity contribution is 5.80. The van der Waals surface area contributed by atoms with Gasteiger partial charge in [0, 0.05) is 49.4 Å². The predicted octanol–water partition coefficient (Wildman–Crippen LogP) is 11.5. The Morgan fingerprint density at radius 1 is 0.667 bits per heavy atom. The van der Waals surface area contributed by atoms with Gasteiger partial charge in [0.05, 0.1) is 36.7 Å². The maximum Gasteiger partial charge on any atom is 0.311 e. The van der Waals surface area contributed by atoms with E-state index in [0.29, 0.717) is 65.6 Å². The van der Waals surface area contributed by atoms with Gasteiger partial charge in [-0.3, -0.25) is 19.3 Å². The lowest BCUT2D eigenvalue weighted by Gasteiger charge is -2.37. The number of nitrogens with one attached hydrogen (secondary N) is 1. The zero-order valence-corrected chi connectivity index (χ0v) is 38.4. The van der Waals surface area contributed by atoms with E-state index in [-0.39, 0.29) is 29.2 Å². The third-order valence-electron chi connectivity index (χ3n) is 15.5. The number of aldehydes is 1. The molecule has 6 fully saturated rings. The summed E-state index contributed by atoms with van der Waals surface area (Å²) in [4.78, 5) is 34.4. The first-order valence-corrected chi connectivity index (χ1v) is 24.3. The van der Waals surface area contributed by atoms with Crippen molar-refractivity contribution in [2.45, 2.75) is 121 Å². The minimum atomic E-state index is -0.774. The Morgan fingerprint density at radius 2 is 1.14 bits per heavy atom. The second-order valence-corrected chi connectivity index (χ2v) is 19.8. The molecule has 0 unspecified atom stereocenters. The van der Waals surface area contributed by atoms with Crippen molar-refractivity contribution in [3.63, 3.8) is 0 Å². The summed E-state index contributed by atoms with van der Waals surface area (Å²) in [5, 5.41) is 12.0. The number of nitrogens with zero attached hydrogens (tertiary/aromatic N) is 1. The van der Waals surface area contributed by atoms with Crippen LogP contribution in [-0.2, 0) is 20.9 Å². The monoisotopic (exact) mass is 904 g/mol. The first kappa shape index (κ1) is 47.4. The number of methoxy groups -OCH3 is 1. The molecule has 2 heterocycles. The smallest absolute Gasteiger partial charge is 0.311 e. The average molecular weight is 905 g/mol. The van der Waals surface area contributed by atoms with Crippen LogP contribution in [0.25, 0.3) is 22.3 Å². The Labute approximate surface area is 388 Å². The van der Waals surface area contributed by atoms with Gasteiger partial charge in [-0.2, -0.15) is 0 Å². The van der Waals surface area contributed by atoms with Gasteiger partial charge in [-0.25, -0.2) is 8.78 Å². The highest BCUT2D eigenvalue weighted by Crippen LogP contribution is 2.50. The Bertz CT molecular complexity index is 2240. The van der Waals surface area contributed by atoms with Crippen molar-refractivity contribution < 1.29 is 42.5 Å². The Hall–Kier alpha value is -5.13. The van der Waals surface area contributed by atoms with Crippen LogP contribution in [0, 0.1) is 34.3 Å². The van der Waals surface area contributed by atoms with Gasteiger partial charge in [-0.1, -0.05) is 80.3 Å². The minimum absolute atomic E-state index is 0.0888. The van der Waals surface area contributed by atoms with Gasteiger partial charge in [-0.05, 0) is 129 Å². The summed E-state index contributed by atoms with van der Waals surface area (Å²) in [6.07, 6.45) is 22.0. The molecule has 2 spiro atoms. The quantitative estimate of drug-likeness (QED) is 0.112. The molecule has 0 amide bonds. The van der Waals surface area contributed by atoms with Gasteiger partial charge in [0.1, 0.15) is 23.1 Å². The van der Waals surface area contributed by atoms with Gasteiger partial charge < -0.3 is 24.6 Å². The molecule has 4 saturated carbocycles. The van der Waals surface area contributed by atoms with Gasteiger partial charge >= 0.3 is 11.9 Å². The van der Waals surface area contributed by atoms with Crippen LogP contribution >= 0.6 is 0 Å². The number of hydrogen-bond donors (Lipinski definition) is 2. The van der Waals surface area contributed by atoms with E-state index < -0.39 is 11.8 Å². The number of carboxylic acid groups (broad SMARTS) is 1. The summed E-state index contributed by atoms with van der Waals surface area (Å²) in [6.45, 7) is 2.97. The summed E-state index contributed by atoms with van der Waals surface area (Å²) in [6, 6.07) is 25.6. The molecule has 10 rings (SSSR count). The Kier molecular flexibility index (Phi) is 15.5. The molecule has 0 radical (unpaired) electrons. The van der Waals surface area contributed by atoms with Crippen LogP contribution < -0.4 is 14.8 Å². The fourth-order valence-corrected chi connectivity index (χ4v) is 11.2. The molecular weight excluding hydrogens is 839 g/mol. The maximum atomic E-state index is 15.2. The van der Waals surface area contributed by atoms with Gasteiger partial charge in [-0.15, -0.1) is 0 Å². The molecule has 2 N–H and O–H groups in total. The molecule has 4 aliphatic carbocycles. The van der Waals surface area contributed by atoms with Crippen molar-refractivity contribution in [1.82, 2.24) is 10.2 Å². The first-order chi connectivity index (χ1) is 32.0. The molecule has 0 atom stereocenters. The second-order valence-electron chi connectivity index (χ2n) is 19.8. The summed E-state index contributed by atoms with van der Waals surface area (Å²) < 4.78 is 46.4. The molecule has 0 bridgehead atoms. The van der Waals surface area contributed by atoms with E-state index in [1.807, 2.05) is 59.5 Å². The average Bonchev–Trinajstić information content (AvgIpc) is 3.97. The molecule has 4 aromatic rings. The van der Waals surface area contributed by atoms with Crippen molar-refractivity contribution in [3.05, 3.63) is 108 Å². The number of aliphatic carboxylic acids is 1. The number of carbonyl (C=O) groups is 3. The largest absolute Gasteiger partial charge is 0.490 e. The first-order valence-electron chi connectivity index (χ1n) is 24.3. The third kappa shape index (κ3) is 11.5. The molecule has 352 valence electrons. The maximum absolute atomic E-state index is 15.2. The van der Waals surface area contributed by atoms with E-state index in [1.165, 1.54) is 90.2 Å². The van der Waals surface area contributed by atoms with Crippen LogP contribution in [0.1, 0.15) is 119 Å². The van der Waals surface area contributed by atoms with Crippen molar-refractivity contribution in [1.29, 1.82) is 0 Å². The predicted molar refractivity (Wildman–Crippen MR) is 251 cm³/mol. The molecule has 11 heteroatoms. The summed E-state index contributed by atoms with van der Waals surface area (Å²) >= 11 is 0. The Balaban J connectivity index is 0.000000156. The number of benzene rings is 4. The van der Waals surface area contributed by atoms with Crippen LogP contribution in [0.5, 0.6) is 11.5 Å². The molecule has 6 aliphatic rings. The van der Waals surface area contributed by atoms with E-state index in [2.05, 4.69) is 10.1 Å². The van der Waals surface area contributed by atoms with Crippen LogP contribution in [0.4, 0.5) is 8.78 Å². The number of rotatable bonds is 11. The van der Waals surface area contributed by atoms with E-state index in [0.717, 1.165) is 61.4 Å². The third-order valence-corrected chi connectivity index (χ3v) is 15.5. The number of ether oxygens (including phenoxy) is 3. The van der Waals surface area contributed by atoms with Crippen LogP contribution in [0.15, 0.2) is 84.9 Å². The lowest BCUT2D eigenvalue weighted by Crippen LogP contribution is -2.49. The van der Waals surface area contributed by atoms with Crippen LogP contribution in [-0.4, -0.2) is 73.7 Å². The lowest BCUT2D eigenvalue weighted by atomic mass is 9.72. The fraction of sp³-hybridized carbons (Fsp3) is 0.509. The molecule has 66 heavy (non-hydrogen) atoms. The minimum Gasteiger partial charge on any atom is -0.490 e. The highest BCUT2D eigenvalue weighted by atomic mass is 19.1. The van der Waals surface area contributed by atoms with Crippen LogP contribution in [0.2, 0.25) is 0 Å². The zero-order valence-electron chi connectivity index (χ0n) is 38.4. The molecule has 2 aliphatic heterocycles. The summed E-state index contributed by atoms with van der Waals surface area (Å²) in [5.41, 5.74) is 4.53. The van der Waals surface area contributed by atoms with Gasteiger partial charge in [0.15, 0.2) is 6.29 Å². The number of esters is 1. The number of carboxylic acids is 1. The topological polar surface area (TPSA) is 114 Å². The second kappa shape index (κ2) is 21.7. The van der Waals surface area contributed by atoms with E-state index in [9.17, 15) is 18.8 Å². The van der Waals surface area contributed by atoms with Crippen LogP contribution in [0.3, 0.4) is 0 Å². The van der Waals surface area contributed by atoms with Crippen molar-refractivity contribution in [2.24, 2.45) is 22.7 Å². The van der Waals surface area contributed by atoms with Crippen molar-refractivity contribution >= 4 is 18.2 Å². The number of likely N-dealkylation sites (tertiary alicyclic amines) is 1. The Morgan fingerprint density at radius 3 is 1.55 bits per heavy atom. The number of hydrogen-bond acceptors (Lipinski definition) is 8. The van der Waals surface area contributed by atoms with E-state index in [1.54, 1.807) is 24.3 Å². The fourth-order valence-electron chi connectivity index (χ4n) is 11.2. The molecule has 2 saturated heterocycles. The van der Waals surface area contributed by atoms with E-state index in [4.69, 9.17) is 14.6 Å². The van der Waals surface area contributed by atoms with Crippen molar-refractivity contribution in [3.8, 4) is 33.8 Å². The lowest BCUT2D eigenvalue weighted by molar-refractivity contribution is -0.148. The highest BCUT2D eigenvalue weighted by Gasteiger charge is 2.39. The van der Waals surface area contributed by atoms with E-state index >= 15 is 4.39 Å². The summed E-state index contributed by atoms with van der Waals surface area (Å²) in [7, 11) is 1.42. The molecule has 4 aromatic carbocycles. The normalized spacial score (nSPS) is 21.3. The summed E-state index contributed by atoms with van der Waals surface area (Å²) in [5.74, 6) is -0.0695.